The average molecular weight is 308 g/mol. The molecule has 1 unspecified atom stereocenters. The molecule has 1 aliphatic rings. The first-order valence-corrected chi connectivity index (χ1v) is 6.99. The number of hydrazone groups is 1. The van der Waals surface area contributed by atoms with Crippen LogP contribution >= 0.6 is 0 Å². The normalized spacial score (nSPS) is 18.2. The highest BCUT2D eigenvalue weighted by atomic mass is 16.7. The Balaban J connectivity index is 2.19. The monoisotopic (exact) mass is 308 g/mol. The van der Waals surface area contributed by atoms with Crippen molar-refractivity contribution >= 4 is 11.9 Å². The third kappa shape index (κ3) is 3.60. The molecule has 1 aromatic rings. The Kier molecular flexibility index (Phi) is 5.08. The van der Waals surface area contributed by atoms with Crippen molar-refractivity contribution in [2.75, 3.05) is 20.8 Å². The van der Waals surface area contributed by atoms with E-state index in [9.17, 15) is 4.79 Å². The van der Waals surface area contributed by atoms with Gasteiger partial charge in [-0.05, 0) is 31.5 Å². The van der Waals surface area contributed by atoms with E-state index in [-0.39, 0.29) is 0 Å². The fraction of sp³-hybridized carbons (Fsp3) is 0.467. The van der Waals surface area contributed by atoms with Crippen LogP contribution in [0.25, 0.3) is 0 Å². The lowest BCUT2D eigenvalue weighted by molar-refractivity contribution is -0.0125. The molecular weight excluding hydrogens is 288 g/mol. The van der Waals surface area contributed by atoms with Crippen LogP contribution in [0.3, 0.4) is 0 Å². The predicted octanol–water partition coefficient (Wildman–Crippen LogP) is 2.54. The summed E-state index contributed by atoms with van der Waals surface area (Å²) in [5.41, 5.74) is 1.63. The van der Waals surface area contributed by atoms with E-state index in [1.54, 1.807) is 19.2 Å². The molecule has 1 N–H and O–H groups in total. The minimum absolute atomic E-state index is 0.521. The Morgan fingerprint density at radius 3 is 2.68 bits per heavy atom. The van der Waals surface area contributed by atoms with Crippen molar-refractivity contribution in [1.29, 1.82) is 0 Å². The third-order valence-electron chi connectivity index (χ3n) is 3.49. The zero-order valence-corrected chi connectivity index (χ0v) is 12.9. The first-order valence-electron chi connectivity index (χ1n) is 6.99. The molecule has 1 aliphatic heterocycles. The van der Waals surface area contributed by atoms with Crippen LogP contribution in [-0.2, 0) is 4.74 Å². The SMILES string of the molecule is COc1ccc(C(C)=NN2CCCC2OC(=O)O)cc1OC. The predicted molar refractivity (Wildman–Crippen MR) is 80.6 cm³/mol. The van der Waals surface area contributed by atoms with Gasteiger partial charge < -0.3 is 19.3 Å². The fourth-order valence-electron chi connectivity index (χ4n) is 2.38. The maximum absolute atomic E-state index is 10.7. The van der Waals surface area contributed by atoms with Gasteiger partial charge in [-0.3, -0.25) is 5.01 Å². The van der Waals surface area contributed by atoms with E-state index in [1.807, 2.05) is 25.1 Å². The van der Waals surface area contributed by atoms with Gasteiger partial charge in [0.25, 0.3) is 0 Å². The van der Waals surface area contributed by atoms with Crippen LogP contribution < -0.4 is 9.47 Å². The van der Waals surface area contributed by atoms with Gasteiger partial charge in [-0.2, -0.15) is 5.10 Å². The molecule has 7 nitrogen and oxygen atoms in total. The van der Waals surface area contributed by atoms with Gasteiger partial charge in [0.2, 0.25) is 0 Å². The Bertz CT molecular complexity index is 573. The van der Waals surface area contributed by atoms with Gasteiger partial charge >= 0.3 is 6.16 Å². The Labute approximate surface area is 129 Å². The highest BCUT2D eigenvalue weighted by Gasteiger charge is 2.27. The molecule has 120 valence electrons. The average Bonchev–Trinajstić information content (AvgIpc) is 2.92. The van der Waals surface area contributed by atoms with Crippen LogP contribution in [0.2, 0.25) is 0 Å². The standard InChI is InChI=1S/C15H20N2O5/c1-10(11-6-7-12(20-2)13(9-11)21-3)16-17-8-4-5-14(17)22-15(18)19/h6-7,9,14H,4-5,8H2,1-3H3,(H,18,19). The van der Waals surface area contributed by atoms with Gasteiger partial charge in [-0.1, -0.05) is 0 Å². The summed E-state index contributed by atoms with van der Waals surface area (Å²) < 4.78 is 15.3. The smallest absolute Gasteiger partial charge is 0.493 e. The van der Waals surface area contributed by atoms with Crippen molar-refractivity contribution in [3.63, 3.8) is 0 Å². The van der Waals surface area contributed by atoms with Crippen LogP contribution in [0, 0.1) is 0 Å². The Hall–Kier alpha value is -2.44. The van der Waals surface area contributed by atoms with Crippen LogP contribution in [0.15, 0.2) is 23.3 Å². The number of rotatable bonds is 5. The Morgan fingerprint density at radius 2 is 2.05 bits per heavy atom. The van der Waals surface area contributed by atoms with Crippen molar-refractivity contribution < 1.29 is 24.1 Å². The summed E-state index contributed by atoms with van der Waals surface area (Å²) in [4.78, 5) is 10.7. The topological polar surface area (TPSA) is 80.6 Å². The second kappa shape index (κ2) is 7.02. The molecular formula is C15H20N2O5. The quantitative estimate of drug-likeness (QED) is 0.665. The van der Waals surface area contributed by atoms with E-state index in [2.05, 4.69) is 5.10 Å². The fourth-order valence-corrected chi connectivity index (χ4v) is 2.38. The van der Waals surface area contributed by atoms with Gasteiger partial charge in [0.1, 0.15) is 0 Å². The van der Waals surface area contributed by atoms with Crippen molar-refractivity contribution in [3.8, 4) is 11.5 Å². The zero-order valence-electron chi connectivity index (χ0n) is 12.9. The second-order valence-electron chi connectivity index (χ2n) is 4.90. The summed E-state index contributed by atoms with van der Waals surface area (Å²) in [5, 5.41) is 14.9. The molecule has 1 heterocycles. The van der Waals surface area contributed by atoms with Crippen molar-refractivity contribution in [2.45, 2.75) is 26.0 Å². The Morgan fingerprint density at radius 1 is 1.32 bits per heavy atom. The summed E-state index contributed by atoms with van der Waals surface area (Å²) >= 11 is 0. The van der Waals surface area contributed by atoms with Gasteiger partial charge in [0.05, 0.1) is 19.9 Å². The molecule has 0 bridgehead atoms. The summed E-state index contributed by atoms with van der Waals surface area (Å²) in [6, 6.07) is 5.52. The first kappa shape index (κ1) is 15.9. The molecule has 0 spiro atoms. The molecule has 0 saturated carbocycles. The van der Waals surface area contributed by atoms with Gasteiger partial charge in [0, 0.05) is 18.5 Å². The van der Waals surface area contributed by atoms with Crippen molar-refractivity contribution in [2.24, 2.45) is 5.10 Å². The molecule has 22 heavy (non-hydrogen) atoms. The molecule has 1 aromatic carbocycles. The molecule has 1 atom stereocenters. The molecule has 0 aromatic heterocycles. The van der Waals surface area contributed by atoms with Crippen molar-refractivity contribution in [3.05, 3.63) is 23.8 Å². The van der Waals surface area contributed by atoms with Gasteiger partial charge in [-0.25, -0.2) is 4.79 Å². The van der Waals surface area contributed by atoms with Crippen LogP contribution in [0.4, 0.5) is 4.79 Å². The van der Waals surface area contributed by atoms with Gasteiger partial charge in [-0.15, -0.1) is 0 Å². The summed E-state index contributed by atoms with van der Waals surface area (Å²) in [6.45, 7) is 2.53. The maximum Gasteiger partial charge on any atom is 0.507 e. The zero-order chi connectivity index (χ0) is 16.1. The molecule has 0 amide bonds. The highest BCUT2D eigenvalue weighted by Crippen LogP contribution is 2.28. The van der Waals surface area contributed by atoms with E-state index in [1.165, 1.54) is 0 Å². The van der Waals surface area contributed by atoms with Crippen molar-refractivity contribution in [1.82, 2.24) is 5.01 Å². The van der Waals surface area contributed by atoms with E-state index in [4.69, 9.17) is 19.3 Å². The molecule has 1 saturated heterocycles. The number of carboxylic acid groups (broad SMARTS) is 1. The molecule has 0 aliphatic carbocycles. The molecule has 0 radical (unpaired) electrons. The lowest BCUT2D eigenvalue weighted by Gasteiger charge is -2.21. The number of ether oxygens (including phenoxy) is 3. The van der Waals surface area contributed by atoms with E-state index < -0.39 is 12.4 Å². The summed E-state index contributed by atoms with van der Waals surface area (Å²) in [5.74, 6) is 1.27. The lowest BCUT2D eigenvalue weighted by atomic mass is 10.1. The number of carbonyl (C=O) groups is 1. The summed E-state index contributed by atoms with van der Waals surface area (Å²) in [6.07, 6.45) is -0.307. The number of hydrogen-bond donors (Lipinski definition) is 1. The minimum atomic E-state index is -1.28. The van der Waals surface area contributed by atoms with E-state index in [0.717, 1.165) is 17.7 Å². The van der Waals surface area contributed by atoms with Crippen LogP contribution in [0.5, 0.6) is 11.5 Å². The second-order valence-corrected chi connectivity index (χ2v) is 4.90. The van der Waals surface area contributed by atoms with Gasteiger partial charge in [0.15, 0.2) is 17.7 Å². The van der Waals surface area contributed by atoms with E-state index >= 15 is 0 Å². The number of nitrogens with zero attached hydrogens (tertiary/aromatic N) is 2. The van der Waals surface area contributed by atoms with Crippen LogP contribution in [-0.4, -0.2) is 49.0 Å². The molecule has 1 fully saturated rings. The maximum atomic E-state index is 10.7. The molecule has 7 heteroatoms. The number of benzene rings is 1. The first-order chi connectivity index (χ1) is 10.5. The third-order valence-corrected chi connectivity index (χ3v) is 3.49. The lowest BCUT2D eigenvalue weighted by Crippen LogP contribution is -2.29. The number of hydrogen-bond acceptors (Lipinski definition) is 6. The number of methoxy groups -OCH3 is 2. The largest absolute Gasteiger partial charge is 0.507 e. The highest BCUT2D eigenvalue weighted by molar-refractivity contribution is 5.99. The summed E-state index contributed by atoms with van der Waals surface area (Å²) in [7, 11) is 3.15. The minimum Gasteiger partial charge on any atom is -0.493 e. The molecule has 2 rings (SSSR count). The van der Waals surface area contributed by atoms with E-state index in [0.29, 0.717) is 24.5 Å². The van der Waals surface area contributed by atoms with Crippen LogP contribution in [0.1, 0.15) is 25.3 Å².